The topological polar surface area (TPSA) is 55.7 Å². The largest absolute Gasteiger partial charge is 0.462 e. The van der Waals surface area contributed by atoms with Crippen LogP contribution in [0.1, 0.15) is 0 Å². The minimum atomic E-state index is -1.24. The van der Waals surface area contributed by atoms with E-state index in [0.717, 1.165) is 6.40 Å². The number of rotatable bonds is 2. The predicted octanol–water partition coefficient (Wildman–Crippen LogP) is 0.313. The molecule has 0 spiro atoms. The van der Waals surface area contributed by atoms with Gasteiger partial charge in [-0.15, -0.1) is 0 Å². The van der Waals surface area contributed by atoms with Crippen LogP contribution >= 0.6 is 23.2 Å². The van der Waals surface area contributed by atoms with Crippen LogP contribution in [0.4, 0.5) is 0 Å². The molecule has 0 aromatic carbocycles. The van der Waals surface area contributed by atoms with Gasteiger partial charge >= 0.3 is 0 Å². The number of halogens is 2. The van der Waals surface area contributed by atoms with E-state index in [1.165, 1.54) is 0 Å². The normalized spacial score (nSPS) is 22.5. The lowest BCUT2D eigenvalue weighted by Crippen LogP contribution is -2.31. The van der Waals surface area contributed by atoms with Crippen LogP contribution in [0.3, 0.4) is 0 Å². The van der Waals surface area contributed by atoms with Crippen molar-refractivity contribution in [3.63, 3.8) is 0 Å². The molecule has 1 atom stereocenters. The number of hydrogen-bond acceptors (Lipinski definition) is 3. The summed E-state index contributed by atoms with van der Waals surface area (Å²) in [6.45, 7) is 0. The van der Waals surface area contributed by atoms with Crippen LogP contribution in [0.2, 0.25) is 0 Å². The highest BCUT2D eigenvalue weighted by Gasteiger charge is 2.34. The van der Waals surface area contributed by atoms with E-state index in [0.29, 0.717) is 0 Å². The maximum Gasteiger partial charge on any atom is 0.297 e. The summed E-state index contributed by atoms with van der Waals surface area (Å²) in [5.41, 5.74) is 0. The third kappa shape index (κ3) is 1.70. The van der Waals surface area contributed by atoms with Crippen LogP contribution in [0.25, 0.3) is 0 Å². The Morgan fingerprint density at radius 1 is 1.73 bits per heavy atom. The second-order valence-electron chi connectivity index (χ2n) is 1.79. The summed E-state index contributed by atoms with van der Waals surface area (Å²) in [6.07, 6.45) is -0.337. The average Bonchev–Trinajstić information content (AvgIpc) is 2.33. The molecule has 11 heavy (non-hydrogen) atoms. The molecular weight excluding hydrogens is 193 g/mol. The lowest BCUT2D eigenvalue weighted by Gasteiger charge is -2.04. The molecular formula is C5H3Cl2NO3. The molecule has 0 N–H and O–H groups in total. The van der Waals surface area contributed by atoms with E-state index >= 15 is 0 Å². The maximum atomic E-state index is 10.9. The van der Waals surface area contributed by atoms with Crippen molar-refractivity contribution in [2.75, 3.05) is 0 Å². The molecule has 0 saturated heterocycles. The number of carbonyl (C=O) groups excluding carboxylic acids is 2. The zero-order valence-electron chi connectivity index (χ0n) is 5.16. The van der Waals surface area contributed by atoms with Crippen LogP contribution in [0, 0.1) is 0 Å². The number of ether oxygens (including phenoxy) is 1. The first-order valence-electron chi connectivity index (χ1n) is 2.66. The Balaban J connectivity index is 2.63. The van der Waals surface area contributed by atoms with Gasteiger partial charge in [0.15, 0.2) is 11.2 Å². The molecule has 0 bridgehead atoms. The van der Waals surface area contributed by atoms with Crippen LogP contribution in [0.15, 0.2) is 4.99 Å². The number of hydrogen-bond donors (Lipinski definition) is 0. The molecule has 1 unspecified atom stereocenters. The molecule has 0 aliphatic carbocycles. The number of Topliss-reactive ketones (excluding diaryl/α,β-unsaturated/α-hetero) is 1. The highest BCUT2D eigenvalue weighted by molar-refractivity contribution is 6.55. The quantitative estimate of drug-likeness (QED) is 0.471. The first-order chi connectivity index (χ1) is 5.13. The number of nitrogens with zero attached hydrogens (tertiary/aromatic N) is 1. The highest BCUT2D eigenvalue weighted by atomic mass is 35.5. The van der Waals surface area contributed by atoms with Gasteiger partial charge in [0, 0.05) is 0 Å². The van der Waals surface area contributed by atoms with Gasteiger partial charge in [0.2, 0.25) is 11.9 Å². The third-order valence-corrected chi connectivity index (χ3v) is 1.50. The molecule has 0 fully saturated rings. The average molecular weight is 196 g/mol. The second kappa shape index (κ2) is 3.19. The van der Waals surface area contributed by atoms with Crippen molar-refractivity contribution >= 4 is 41.3 Å². The van der Waals surface area contributed by atoms with Gasteiger partial charge in [0.1, 0.15) is 0 Å². The third-order valence-electron chi connectivity index (χ3n) is 1.07. The second-order valence-corrected chi connectivity index (χ2v) is 2.89. The van der Waals surface area contributed by atoms with Gasteiger partial charge in [-0.2, -0.15) is 4.99 Å². The standard InChI is InChI=1S/C5H3Cl2NO3/c6-4(7)2(9)3-5(10)8-1-11-3/h1,3-4H. The summed E-state index contributed by atoms with van der Waals surface area (Å²) in [4.78, 5) is 23.5. The predicted molar refractivity (Wildman–Crippen MR) is 38.9 cm³/mol. The fourth-order valence-electron chi connectivity index (χ4n) is 0.572. The number of carbonyl (C=O) groups is 2. The fraction of sp³-hybridized carbons (Fsp3) is 0.400. The van der Waals surface area contributed by atoms with Crippen LogP contribution < -0.4 is 0 Å². The number of alkyl halides is 2. The van der Waals surface area contributed by atoms with E-state index in [1.807, 2.05) is 0 Å². The molecule has 6 heteroatoms. The zero-order valence-corrected chi connectivity index (χ0v) is 6.67. The van der Waals surface area contributed by atoms with Gasteiger partial charge in [-0.05, 0) is 0 Å². The Bertz CT molecular complexity index is 226. The van der Waals surface area contributed by atoms with Gasteiger partial charge in [-0.25, -0.2) is 0 Å². The summed E-state index contributed by atoms with van der Waals surface area (Å²) >= 11 is 10.4. The van der Waals surface area contributed by atoms with Crippen LogP contribution in [-0.2, 0) is 14.3 Å². The Morgan fingerprint density at radius 3 is 2.73 bits per heavy atom. The van der Waals surface area contributed by atoms with Crippen molar-refractivity contribution in [3.8, 4) is 0 Å². The molecule has 1 aliphatic heterocycles. The lowest BCUT2D eigenvalue weighted by atomic mass is 10.2. The van der Waals surface area contributed by atoms with Crippen LogP contribution in [-0.4, -0.2) is 29.0 Å². The van der Waals surface area contributed by atoms with Gasteiger partial charge < -0.3 is 4.74 Å². The molecule has 1 amide bonds. The maximum absolute atomic E-state index is 10.9. The molecule has 4 nitrogen and oxygen atoms in total. The van der Waals surface area contributed by atoms with Crippen molar-refractivity contribution in [1.29, 1.82) is 0 Å². The van der Waals surface area contributed by atoms with E-state index in [1.54, 1.807) is 0 Å². The number of ketones is 1. The molecule has 0 saturated carbocycles. The summed E-state index contributed by atoms with van der Waals surface area (Å²) in [5.74, 6) is -1.35. The van der Waals surface area contributed by atoms with E-state index < -0.39 is 22.6 Å². The minimum absolute atomic E-state index is 0.665. The lowest BCUT2D eigenvalue weighted by molar-refractivity contribution is -0.133. The van der Waals surface area contributed by atoms with Gasteiger partial charge in [-0.3, -0.25) is 9.59 Å². The Labute approximate surface area is 72.1 Å². The molecule has 1 heterocycles. The Kier molecular flexibility index (Phi) is 2.46. The summed E-state index contributed by atoms with van der Waals surface area (Å²) in [7, 11) is 0. The van der Waals surface area contributed by atoms with Crippen molar-refractivity contribution in [3.05, 3.63) is 0 Å². The molecule has 1 aliphatic rings. The smallest absolute Gasteiger partial charge is 0.297 e. The number of aliphatic imine (C=N–C) groups is 1. The van der Waals surface area contributed by atoms with Gasteiger partial charge in [0.25, 0.3) is 5.91 Å². The molecule has 0 radical (unpaired) electrons. The van der Waals surface area contributed by atoms with Crippen LogP contribution in [0.5, 0.6) is 0 Å². The monoisotopic (exact) mass is 195 g/mol. The van der Waals surface area contributed by atoms with Crippen molar-refractivity contribution in [1.82, 2.24) is 0 Å². The molecule has 60 valence electrons. The first kappa shape index (κ1) is 8.49. The Morgan fingerprint density at radius 2 is 2.36 bits per heavy atom. The van der Waals surface area contributed by atoms with E-state index in [2.05, 4.69) is 9.73 Å². The fourth-order valence-corrected chi connectivity index (χ4v) is 0.801. The van der Waals surface area contributed by atoms with E-state index in [-0.39, 0.29) is 0 Å². The Hall–Kier alpha value is -0.610. The summed E-state index contributed by atoms with van der Waals surface area (Å²) in [5, 5.41) is 0. The molecule has 0 aromatic rings. The minimum Gasteiger partial charge on any atom is -0.462 e. The van der Waals surface area contributed by atoms with Gasteiger partial charge in [-0.1, -0.05) is 23.2 Å². The molecule has 0 aromatic heterocycles. The summed E-state index contributed by atoms with van der Waals surface area (Å²) < 4.78 is 4.53. The summed E-state index contributed by atoms with van der Waals surface area (Å²) in [6, 6.07) is 0. The van der Waals surface area contributed by atoms with Gasteiger partial charge in [0.05, 0.1) is 0 Å². The van der Waals surface area contributed by atoms with Crippen molar-refractivity contribution in [2.24, 2.45) is 4.99 Å². The van der Waals surface area contributed by atoms with E-state index in [4.69, 9.17) is 23.2 Å². The number of amides is 1. The molecule has 1 rings (SSSR count). The van der Waals surface area contributed by atoms with Crippen molar-refractivity contribution < 1.29 is 14.3 Å². The SMILES string of the molecule is O=C1N=COC1C(=O)C(Cl)Cl. The van der Waals surface area contributed by atoms with Crippen molar-refractivity contribution in [2.45, 2.75) is 10.9 Å². The highest BCUT2D eigenvalue weighted by Crippen LogP contribution is 2.11. The van der Waals surface area contributed by atoms with E-state index in [9.17, 15) is 9.59 Å². The zero-order chi connectivity index (χ0) is 8.43. The first-order valence-corrected chi connectivity index (χ1v) is 3.54.